The van der Waals surface area contributed by atoms with Crippen molar-refractivity contribution in [2.24, 2.45) is 5.73 Å². The number of piperidine rings is 1. The van der Waals surface area contributed by atoms with Crippen LogP contribution in [-0.2, 0) is 4.79 Å². The van der Waals surface area contributed by atoms with E-state index < -0.39 is 5.54 Å². The maximum absolute atomic E-state index is 12.0. The van der Waals surface area contributed by atoms with Gasteiger partial charge in [-0.2, -0.15) is 0 Å². The molecule has 0 aromatic rings. The van der Waals surface area contributed by atoms with Crippen molar-refractivity contribution >= 4 is 5.91 Å². The SMILES string of the molecule is CN1CCC(N(C)CCN(C)C(=O)CC(C)(C)N)CC1. The smallest absolute Gasteiger partial charge is 0.224 e. The molecule has 0 aromatic carbocycles. The quantitative estimate of drug-likeness (QED) is 0.776. The van der Waals surface area contributed by atoms with Crippen molar-refractivity contribution in [3.8, 4) is 0 Å². The second-order valence-corrected chi connectivity index (χ2v) is 7.00. The number of hydrogen-bond donors (Lipinski definition) is 1. The topological polar surface area (TPSA) is 52.8 Å². The summed E-state index contributed by atoms with van der Waals surface area (Å²) in [4.78, 5) is 18.6. The average molecular weight is 284 g/mol. The number of likely N-dealkylation sites (tertiary alicyclic amines) is 1. The van der Waals surface area contributed by atoms with E-state index in [1.54, 1.807) is 4.90 Å². The van der Waals surface area contributed by atoms with Crippen LogP contribution in [0.15, 0.2) is 0 Å². The minimum Gasteiger partial charge on any atom is -0.344 e. The molecule has 0 aliphatic carbocycles. The molecule has 5 nitrogen and oxygen atoms in total. The van der Waals surface area contributed by atoms with Gasteiger partial charge >= 0.3 is 0 Å². The summed E-state index contributed by atoms with van der Waals surface area (Å²) in [5, 5.41) is 0. The molecule has 1 saturated heterocycles. The summed E-state index contributed by atoms with van der Waals surface area (Å²) in [6.45, 7) is 7.84. The zero-order valence-corrected chi connectivity index (χ0v) is 13.9. The van der Waals surface area contributed by atoms with Crippen molar-refractivity contribution in [2.45, 2.75) is 44.7 Å². The maximum Gasteiger partial charge on any atom is 0.224 e. The Labute approximate surface area is 124 Å². The molecule has 1 aliphatic heterocycles. The fraction of sp³-hybridized carbons (Fsp3) is 0.933. The lowest BCUT2D eigenvalue weighted by Crippen LogP contribution is -2.46. The van der Waals surface area contributed by atoms with Gasteiger partial charge in [-0.05, 0) is 53.9 Å². The van der Waals surface area contributed by atoms with E-state index in [0.717, 1.165) is 13.1 Å². The Morgan fingerprint density at radius 2 is 1.80 bits per heavy atom. The minimum absolute atomic E-state index is 0.134. The first-order chi connectivity index (χ1) is 9.19. The standard InChI is InChI=1S/C15H32N4O/c1-15(2,16)12-14(20)19(5)11-10-18(4)13-6-8-17(3)9-7-13/h13H,6-12,16H2,1-5H3. The van der Waals surface area contributed by atoms with Crippen LogP contribution in [0.5, 0.6) is 0 Å². The molecule has 118 valence electrons. The van der Waals surface area contributed by atoms with Gasteiger partial charge in [-0.25, -0.2) is 0 Å². The van der Waals surface area contributed by atoms with E-state index in [2.05, 4.69) is 23.9 Å². The molecule has 0 spiro atoms. The van der Waals surface area contributed by atoms with Crippen LogP contribution in [0, 0.1) is 0 Å². The van der Waals surface area contributed by atoms with Crippen LogP contribution in [0.4, 0.5) is 0 Å². The molecule has 5 heteroatoms. The van der Waals surface area contributed by atoms with Gasteiger partial charge in [-0.3, -0.25) is 4.79 Å². The zero-order valence-electron chi connectivity index (χ0n) is 13.9. The summed E-state index contributed by atoms with van der Waals surface area (Å²) in [6.07, 6.45) is 2.85. The first-order valence-electron chi connectivity index (χ1n) is 7.60. The lowest BCUT2D eigenvalue weighted by Gasteiger charge is -2.36. The van der Waals surface area contributed by atoms with Gasteiger partial charge in [0.2, 0.25) is 5.91 Å². The molecule has 0 radical (unpaired) electrons. The number of carbonyl (C=O) groups is 1. The fourth-order valence-electron chi connectivity index (χ4n) is 2.58. The van der Waals surface area contributed by atoms with Crippen LogP contribution in [0.1, 0.15) is 33.1 Å². The molecule has 0 saturated carbocycles. The largest absolute Gasteiger partial charge is 0.344 e. The maximum atomic E-state index is 12.0. The summed E-state index contributed by atoms with van der Waals surface area (Å²) in [6, 6.07) is 0.653. The molecule has 0 atom stereocenters. The second kappa shape index (κ2) is 7.38. The Balaban J connectivity index is 2.29. The highest BCUT2D eigenvalue weighted by Gasteiger charge is 2.22. The lowest BCUT2D eigenvalue weighted by atomic mass is 10.0. The van der Waals surface area contributed by atoms with E-state index in [1.165, 1.54) is 25.9 Å². The third kappa shape index (κ3) is 6.20. The van der Waals surface area contributed by atoms with Crippen LogP contribution >= 0.6 is 0 Å². The first-order valence-corrected chi connectivity index (χ1v) is 7.60. The number of amides is 1. The van der Waals surface area contributed by atoms with Gasteiger partial charge in [-0.15, -0.1) is 0 Å². The van der Waals surface area contributed by atoms with Gasteiger partial charge in [0.1, 0.15) is 0 Å². The summed E-state index contributed by atoms with van der Waals surface area (Å²) >= 11 is 0. The van der Waals surface area contributed by atoms with E-state index in [9.17, 15) is 4.79 Å². The van der Waals surface area contributed by atoms with E-state index in [4.69, 9.17) is 5.73 Å². The van der Waals surface area contributed by atoms with Gasteiger partial charge in [0.25, 0.3) is 0 Å². The van der Waals surface area contributed by atoms with E-state index in [-0.39, 0.29) is 5.91 Å². The van der Waals surface area contributed by atoms with Gasteiger partial charge in [0, 0.05) is 38.1 Å². The van der Waals surface area contributed by atoms with Crippen molar-refractivity contribution < 1.29 is 4.79 Å². The minimum atomic E-state index is -0.425. The average Bonchev–Trinajstić information content (AvgIpc) is 2.34. The van der Waals surface area contributed by atoms with Gasteiger partial charge in [-0.1, -0.05) is 0 Å². The molecule has 1 heterocycles. The predicted octanol–water partition coefficient (Wildman–Crippen LogP) is 0.598. The van der Waals surface area contributed by atoms with E-state index >= 15 is 0 Å². The molecule has 1 amide bonds. The Bertz CT molecular complexity index is 305. The van der Waals surface area contributed by atoms with Crippen LogP contribution < -0.4 is 5.73 Å². The normalized spacial score (nSPS) is 18.6. The predicted molar refractivity (Wildman–Crippen MR) is 83.7 cm³/mol. The second-order valence-electron chi connectivity index (χ2n) is 7.00. The highest BCUT2D eigenvalue weighted by atomic mass is 16.2. The van der Waals surface area contributed by atoms with Crippen molar-refractivity contribution in [2.75, 3.05) is 47.3 Å². The number of carbonyl (C=O) groups excluding carboxylic acids is 1. The number of nitrogens with zero attached hydrogens (tertiary/aromatic N) is 3. The van der Waals surface area contributed by atoms with Gasteiger partial charge in [0.15, 0.2) is 0 Å². The third-order valence-corrected chi connectivity index (χ3v) is 4.13. The molecule has 1 rings (SSSR count). The summed E-state index contributed by atoms with van der Waals surface area (Å²) < 4.78 is 0. The van der Waals surface area contributed by atoms with Crippen LogP contribution in [0.2, 0.25) is 0 Å². The van der Waals surface area contributed by atoms with Crippen molar-refractivity contribution in [3.63, 3.8) is 0 Å². The Hall–Kier alpha value is -0.650. The summed E-state index contributed by atoms with van der Waals surface area (Å²) in [7, 11) is 6.22. The molecular formula is C15H32N4O. The number of hydrogen-bond acceptors (Lipinski definition) is 4. The van der Waals surface area contributed by atoms with Crippen LogP contribution in [0.3, 0.4) is 0 Å². The summed E-state index contributed by atoms with van der Waals surface area (Å²) in [5.74, 6) is 0.134. The highest BCUT2D eigenvalue weighted by Crippen LogP contribution is 2.14. The van der Waals surface area contributed by atoms with E-state index in [0.29, 0.717) is 12.5 Å². The first kappa shape index (κ1) is 17.4. The number of likely N-dealkylation sites (N-methyl/N-ethyl adjacent to an activating group) is 2. The molecule has 0 bridgehead atoms. The van der Waals surface area contributed by atoms with Gasteiger partial charge in [0.05, 0.1) is 0 Å². The molecule has 1 fully saturated rings. The van der Waals surface area contributed by atoms with Crippen LogP contribution in [-0.4, -0.2) is 79.5 Å². The third-order valence-electron chi connectivity index (χ3n) is 4.13. The highest BCUT2D eigenvalue weighted by molar-refractivity contribution is 5.77. The Kier molecular flexibility index (Phi) is 6.43. The fourth-order valence-corrected chi connectivity index (χ4v) is 2.58. The molecule has 20 heavy (non-hydrogen) atoms. The van der Waals surface area contributed by atoms with Crippen molar-refractivity contribution in [1.82, 2.24) is 14.7 Å². The summed E-state index contributed by atoms with van der Waals surface area (Å²) in [5.41, 5.74) is 5.47. The number of nitrogens with two attached hydrogens (primary N) is 1. The molecule has 0 unspecified atom stereocenters. The van der Waals surface area contributed by atoms with E-state index in [1.807, 2.05) is 20.9 Å². The molecule has 0 aromatic heterocycles. The lowest BCUT2D eigenvalue weighted by molar-refractivity contribution is -0.131. The van der Waals surface area contributed by atoms with Crippen molar-refractivity contribution in [3.05, 3.63) is 0 Å². The number of rotatable bonds is 6. The molecule has 1 aliphatic rings. The Morgan fingerprint density at radius 3 is 2.30 bits per heavy atom. The van der Waals surface area contributed by atoms with Crippen molar-refractivity contribution in [1.29, 1.82) is 0 Å². The molecule has 2 N–H and O–H groups in total. The zero-order chi connectivity index (χ0) is 15.3. The Morgan fingerprint density at radius 1 is 1.25 bits per heavy atom. The molecular weight excluding hydrogens is 252 g/mol. The monoisotopic (exact) mass is 284 g/mol. The van der Waals surface area contributed by atoms with Gasteiger partial charge < -0.3 is 20.4 Å². The van der Waals surface area contributed by atoms with Crippen LogP contribution in [0.25, 0.3) is 0 Å².